The Morgan fingerprint density at radius 1 is 1.26 bits per heavy atom. The fourth-order valence-electron chi connectivity index (χ4n) is 3.29. The van der Waals surface area contributed by atoms with E-state index in [2.05, 4.69) is 0 Å². The van der Waals surface area contributed by atoms with E-state index in [0.717, 1.165) is 18.4 Å². The Balaban J connectivity index is 1.86. The van der Waals surface area contributed by atoms with Crippen LogP contribution in [0.4, 0.5) is 0 Å². The zero-order chi connectivity index (χ0) is 19.8. The van der Waals surface area contributed by atoms with Gasteiger partial charge in [0.05, 0.1) is 23.8 Å². The fourth-order valence-corrected chi connectivity index (χ4v) is 3.29. The number of likely N-dealkylation sites (tertiary alicyclic amines) is 1. The normalized spacial score (nSPS) is 19.6. The molecule has 0 aromatic heterocycles. The monoisotopic (exact) mass is 375 g/mol. The molecule has 1 aliphatic heterocycles. The van der Waals surface area contributed by atoms with Crippen LogP contribution in [0.3, 0.4) is 0 Å². The van der Waals surface area contributed by atoms with E-state index in [1.807, 2.05) is 11.0 Å². The largest absolute Gasteiger partial charge is 0.478 e. The first-order valence-corrected chi connectivity index (χ1v) is 9.53. The van der Waals surface area contributed by atoms with Crippen molar-refractivity contribution in [3.63, 3.8) is 0 Å². The van der Waals surface area contributed by atoms with Gasteiger partial charge in [0.1, 0.15) is 0 Å². The Hall–Kier alpha value is -2.18. The summed E-state index contributed by atoms with van der Waals surface area (Å²) in [6, 6.07) is 6.69. The molecular weight excluding hydrogens is 346 g/mol. The first-order valence-electron chi connectivity index (χ1n) is 9.53. The van der Waals surface area contributed by atoms with Crippen molar-refractivity contribution in [3.8, 4) is 0 Å². The minimum atomic E-state index is -0.950. The second-order valence-electron chi connectivity index (χ2n) is 7.18. The summed E-state index contributed by atoms with van der Waals surface area (Å²) in [5.41, 5.74) is 1.24. The van der Waals surface area contributed by atoms with Crippen LogP contribution >= 0.6 is 0 Å². The predicted octanol–water partition coefficient (Wildman–Crippen LogP) is 2.39. The molecule has 0 aliphatic carbocycles. The number of carboxylic acids is 1. The molecule has 2 rings (SSSR count). The lowest BCUT2D eigenvalue weighted by Gasteiger charge is -2.23. The van der Waals surface area contributed by atoms with E-state index >= 15 is 0 Å². The number of aliphatic hydroxyl groups is 2. The van der Waals surface area contributed by atoms with E-state index < -0.39 is 12.1 Å². The Morgan fingerprint density at radius 2 is 1.96 bits per heavy atom. The topological polar surface area (TPSA) is 98.1 Å². The van der Waals surface area contributed by atoms with Gasteiger partial charge in [-0.1, -0.05) is 24.3 Å². The van der Waals surface area contributed by atoms with Crippen LogP contribution < -0.4 is 0 Å². The van der Waals surface area contributed by atoms with Gasteiger partial charge >= 0.3 is 5.97 Å². The average molecular weight is 375 g/mol. The molecule has 3 atom stereocenters. The number of aliphatic hydroxyl groups excluding tert-OH is 2. The molecule has 3 N–H and O–H groups in total. The highest BCUT2D eigenvalue weighted by atomic mass is 16.4. The lowest BCUT2D eigenvalue weighted by atomic mass is 10.1. The molecule has 27 heavy (non-hydrogen) atoms. The number of benzene rings is 1. The predicted molar refractivity (Wildman–Crippen MR) is 103 cm³/mol. The van der Waals surface area contributed by atoms with Crippen LogP contribution in [-0.2, 0) is 11.2 Å². The van der Waals surface area contributed by atoms with Crippen LogP contribution in [0.25, 0.3) is 0 Å². The first-order chi connectivity index (χ1) is 12.9. The smallest absolute Gasteiger partial charge is 0.335 e. The molecule has 148 valence electrons. The van der Waals surface area contributed by atoms with Gasteiger partial charge in [-0.2, -0.15) is 0 Å². The van der Waals surface area contributed by atoms with Crippen molar-refractivity contribution in [1.82, 2.24) is 4.90 Å². The molecule has 1 aromatic carbocycles. The SMILES string of the molecule is C[C@H](O)CCC[C@@H](O)/C=C/[C@H]1CCC(=O)N1CCc1ccc(C(=O)O)cc1. The quantitative estimate of drug-likeness (QED) is 0.546. The zero-order valence-corrected chi connectivity index (χ0v) is 15.8. The van der Waals surface area contributed by atoms with Crippen molar-refractivity contribution < 1.29 is 24.9 Å². The van der Waals surface area contributed by atoms with Crippen molar-refractivity contribution >= 4 is 11.9 Å². The molecule has 1 aliphatic rings. The lowest BCUT2D eigenvalue weighted by molar-refractivity contribution is -0.128. The van der Waals surface area contributed by atoms with E-state index in [9.17, 15) is 19.8 Å². The van der Waals surface area contributed by atoms with Gasteiger partial charge in [0.25, 0.3) is 0 Å². The maximum Gasteiger partial charge on any atom is 0.335 e. The van der Waals surface area contributed by atoms with Crippen molar-refractivity contribution in [2.24, 2.45) is 0 Å². The third-order valence-corrected chi connectivity index (χ3v) is 4.89. The molecule has 6 heteroatoms. The van der Waals surface area contributed by atoms with Crippen LogP contribution in [0.2, 0.25) is 0 Å². The summed E-state index contributed by atoms with van der Waals surface area (Å²) in [5, 5.41) is 28.2. The fraction of sp³-hybridized carbons (Fsp3) is 0.524. The van der Waals surface area contributed by atoms with Gasteiger partial charge in [0, 0.05) is 13.0 Å². The maximum absolute atomic E-state index is 12.2. The number of hydrogen-bond donors (Lipinski definition) is 3. The van der Waals surface area contributed by atoms with Gasteiger partial charge in [-0.25, -0.2) is 4.79 Å². The van der Waals surface area contributed by atoms with Crippen LogP contribution in [0.5, 0.6) is 0 Å². The molecule has 1 amide bonds. The lowest BCUT2D eigenvalue weighted by Crippen LogP contribution is -2.33. The number of carboxylic acid groups (broad SMARTS) is 1. The maximum atomic E-state index is 12.2. The van der Waals surface area contributed by atoms with Gasteiger partial charge < -0.3 is 20.2 Å². The summed E-state index contributed by atoms with van der Waals surface area (Å²) in [7, 11) is 0. The molecule has 0 bridgehead atoms. The highest BCUT2D eigenvalue weighted by Crippen LogP contribution is 2.21. The number of nitrogens with zero attached hydrogens (tertiary/aromatic N) is 1. The standard InChI is InChI=1S/C21H29NO5/c1-15(23)3-2-4-19(24)11-9-18-10-12-20(25)22(18)14-13-16-5-7-17(8-6-16)21(26)27/h5-9,11,15,18-19,23-24H,2-4,10,12-14H2,1H3,(H,26,27)/b11-9+/t15-,18-,19+/m0/s1. The van der Waals surface area contributed by atoms with Crippen molar-refractivity contribution in [2.75, 3.05) is 6.54 Å². The van der Waals surface area contributed by atoms with Crippen LogP contribution in [0.1, 0.15) is 54.9 Å². The Bertz CT molecular complexity index is 653. The van der Waals surface area contributed by atoms with Gasteiger partial charge in [-0.15, -0.1) is 0 Å². The van der Waals surface area contributed by atoms with Crippen LogP contribution in [-0.4, -0.2) is 56.9 Å². The van der Waals surface area contributed by atoms with Gasteiger partial charge in [0.15, 0.2) is 0 Å². The summed E-state index contributed by atoms with van der Waals surface area (Å²) in [5.74, 6) is -0.844. The molecule has 1 heterocycles. The van der Waals surface area contributed by atoms with Gasteiger partial charge in [-0.3, -0.25) is 4.79 Å². The van der Waals surface area contributed by atoms with E-state index in [1.54, 1.807) is 37.3 Å². The van der Waals surface area contributed by atoms with Crippen molar-refractivity contribution in [1.29, 1.82) is 0 Å². The number of amides is 1. The van der Waals surface area contributed by atoms with Crippen molar-refractivity contribution in [2.45, 2.75) is 63.7 Å². The number of hydrogen-bond acceptors (Lipinski definition) is 4. The third kappa shape index (κ3) is 6.81. The molecule has 0 spiro atoms. The van der Waals surface area contributed by atoms with Crippen LogP contribution in [0, 0.1) is 0 Å². The number of rotatable bonds is 10. The number of carbonyl (C=O) groups is 2. The van der Waals surface area contributed by atoms with E-state index in [-0.39, 0.29) is 23.6 Å². The van der Waals surface area contributed by atoms with Gasteiger partial charge in [0.2, 0.25) is 5.91 Å². The van der Waals surface area contributed by atoms with E-state index in [0.29, 0.717) is 32.2 Å². The van der Waals surface area contributed by atoms with Crippen LogP contribution in [0.15, 0.2) is 36.4 Å². The Kier molecular flexibility index (Phi) is 8.00. The molecule has 0 unspecified atom stereocenters. The Labute approximate surface area is 160 Å². The van der Waals surface area contributed by atoms with E-state index in [4.69, 9.17) is 5.11 Å². The molecule has 0 radical (unpaired) electrons. The van der Waals surface area contributed by atoms with E-state index in [1.165, 1.54) is 0 Å². The van der Waals surface area contributed by atoms with Gasteiger partial charge in [-0.05, 0) is 56.7 Å². The summed E-state index contributed by atoms with van der Waals surface area (Å²) < 4.78 is 0. The second-order valence-corrected chi connectivity index (χ2v) is 7.18. The average Bonchev–Trinajstić information content (AvgIpc) is 2.98. The van der Waals surface area contributed by atoms with Crippen molar-refractivity contribution in [3.05, 3.63) is 47.5 Å². The molecule has 0 saturated carbocycles. The second kappa shape index (κ2) is 10.2. The summed E-state index contributed by atoms with van der Waals surface area (Å²) in [6.45, 7) is 2.30. The zero-order valence-electron chi connectivity index (χ0n) is 15.8. The minimum Gasteiger partial charge on any atom is -0.478 e. The Morgan fingerprint density at radius 3 is 2.59 bits per heavy atom. The molecule has 6 nitrogen and oxygen atoms in total. The minimum absolute atomic E-state index is 0.0118. The third-order valence-electron chi connectivity index (χ3n) is 4.89. The molecule has 1 aromatic rings. The number of carbonyl (C=O) groups excluding carboxylic acids is 1. The molecule has 1 saturated heterocycles. The summed E-state index contributed by atoms with van der Waals surface area (Å²) in [6.07, 6.45) is 6.66. The summed E-state index contributed by atoms with van der Waals surface area (Å²) in [4.78, 5) is 24.9. The highest BCUT2D eigenvalue weighted by molar-refractivity contribution is 5.87. The summed E-state index contributed by atoms with van der Waals surface area (Å²) >= 11 is 0. The molecule has 1 fully saturated rings. The molecular formula is C21H29NO5. The first kappa shape index (κ1) is 21.1. The number of aromatic carboxylic acids is 1. The highest BCUT2D eigenvalue weighted by Gasteiger charge is 2.28.